The molecule has 0 radical (unpaired) electrons. The summed E-state index contributed by atoms with van der Waals surface area (Å²) >= 11 is 6.13. The Morgan fingerprint density at radius 3 is 2.37 bits per heavy atom. The average molecular weight is 405 g/mol. The number of hydrogen-bond acceptors (Lipinski definition) is 4. The van der Waals surface area contributed by atoms with E-state index in [4.69, 9.17) is 21.4 Å². The lowest BCUT2D eigenvalue weighted by atomic mass is 10.1. The van der Waals surface area contributed by atoms with E-state index in [1.165, 1.54) is 17.5 Å². The van der Waals surface area contributed by atoms with Gasteiger partial charge >= 0.3 is 0 Å². The van der Waals surface area contributed by atoms with Gasteiger partial charge in [0.05, 0.1) is 29.8 Å². The maximum Gasteiger partial charge on any atom is 0.268 e. The van der Waals surface area contributed by atoms with E-state index in [1.807, 2.05) is 13.8 Å². The first-order valence-electron chi connectivity index (χ1n) is 9.30. The van der Waals surface area contributed by atoms with Crippen molar-refractivity contribution in [2.24, 2.45) is 11.8 Å². The molecule has 1 saturated heterocycles. The number of nitrogens with one attached hydrogen (secondary N) is 1. The van der Waals surface area contributed by atoms with Crippen LogP contribution in [0.15, 0.2) is 12.1 Å². The molecule has 0 aromatic heterocycles. The summed E-state index contributed by atoms with van der Waals surface area (Å²) in [6.45, 7) is 4.23. The summed E-state index contributed by atoms with van der Waals surface area (Å²) < 4.78 is 32.7. The maximum atomic E-state index is 14.2. The lowest BCUT2D eigenvalue weighted by Gasteiger charge is -2.34. The molecule has 2 aliphatic carbocycles. The minimum absolute atomic E-state index is 0.0814. The number of benzene rings is 1. The molecule has 0 spiro atoms. The molecular formula is C19H27ClF2N2O3. The zero-order chi connectivity index (χ0) is 20.1. The molecule has 1 amide bonds. The van der Waals surface area contributed by atoms with Gasteiger partial charge in [-0.2, -0.15) is 0 Å². The zero-order valence-electron chi connectivity index (χ0n) is 15.8. The third kappa shape index (κ3) is 5.30. The Morgan fingerprint density at radius 2 is 1.81 bits per heavy atom. The normalized spacial score (nSPS) is 25.8. The van der Waals surface area contributed by atoms with Crippen LogP contribution in [-0.2, 0) is 0 Å². The van der Waals surface area contributed by atoms with Gasteiger partial charge in [0, 0.05) is 13.2 Å². The van der Waals surface area contributed by atoms with Gasteiger partial charge in [-0.3, -0.25) is 10.2 Å². The molecule has 1 aromatic rings. The lowest BCUT2D eigenvalue weighted by molar-refractivity contribution is 0.0191. The minimum atomic E-state index is -0.947. The molecule has 2 unspecified atom stereocenters. The SMILES string of the molecule is CC.CO.O=C(NN1CC(F)C1)c1cc(Cl)c(OC2CC3CC3C2)cc1F. The number of rotatable bonds is 4. The molecule has 5 nitrogen and oxygen atoms in total. The van der Waals surface area contributed by atoms with Crippen LogP contribution < -0.4 is 10.2 Å². The first-order chi connectivity index (χ1) is 13.0. The van der Waals surface area contributed by atoms with E-state index >= 15 is 0 Å². The van der Waals surface area contributed by atoms with Crippen molar-refractivity contribution in [2.45, 2.75) is 45.4 Å². The number of halogens is 3. The molecule has 8 heteroatoms. The van der Waals surface area contributed by atoms with Gasteiger partial charge in [0.15, 0.2) is 0 Å². The number of alkyl halides is 1. The van der Waals surface area contributed by atoms with Crippen molar-refractivity contribution in [3.05, 3.63) is 28.5 Å². The highest BCUT2D eigenvalue weighted by Crippen LogP contribution is 2.52. The van der Waals surface area contributed by atoms with Gasteiger partial charge in [0.1, 0.15) is 17.7 Å². The molecule has 152 valence electrons. The van der Waals surface area contributed by atoms with Crippen LogP contribution in [0.5, 0.6) is 5.75 Å². The number of hydrogen-bond donors (Lipinski definition) is 2. The highest BCUT2D eigenvalue weighted by Gasteiger charge is 2.47. The van der Waals surface area contributed by atoms with Crippen LogP contribution in [0.4, 0.5) is 8.78 Å². The molecule has 27 heavy (non-hydrogen) atoms. The molecule has 1 heterocycles. The number of hydrazine groups is 1. The molecule has 1 aliphatic heterocycles. The zero-order valence-corrected chi connectivity index (χ0v) is 16.6. The van der Waals surface area contributed by atoms with Gasteiger partial charge in [0.2, 0.25) is 0 Å². The fourth-order valence-electron chi connectivity index (χ4n) is 3.45. The van der Waals surface area contributed by atoms with E-state index in [9.17, 15) is 13.6 Å². The van der Waals surface area contributed by atoms with Gasteiger partial charge in [0.25, 0.3) is 5.91 Å². The third-order valence-electron chi connectivity index (χ3n) is 4.86. The molecular weight excluding hydrogens is 378 g/mol. The van der Waals surface area contributed by atoms with Crippen LogP contribution in [0.1, 0.15) is 43.5 Å². The van der Waals surface area contributed by atoms with Gasteiger partial charge < -0.3 is 9.84 Å². The van der Waals surface area contributed by atoms with Crippen molar-refractivity contribution in [1.29, 1.82) is 0 Å². The van der Waals surface area contributed by atoms with Crippen LogP contribution in [0.2, 0.25) is 5.02 Å². The number of aliphatic hydroxyl groups excluding tert-OH is 1. The summed E-state index contributed by atoms with van der Waals surface area (Å²) in [4.78, 5) is 12.0. The molecule has 3 fully saturated rings. The highest BCUT2D eigenvalue weighted by atomic mass is 35.5. The van der Waals surface area contributed by atoms with Crippen molar-refractivity contribution < 1.29 is 23.4 Å². The van der Waals surface area contributed by atoms with E-state index in [0.29, 0.717) is 0 Å². The smallest absolute Gasteiger partial charge is 0.268 e. The summed E-state index contributed by atoms with van der Waals surface area (Å²) in [7, 11) is 1.00. The van der Waals surface area contributed by atoms with Crippen molar-refractivity contribution >= 4 is 17.5 Å². The van der Waals surface area contributed by atoms with Crippen LogP contribution in [0.3, 0.4) is 0 Å². The molecule has 1 aromatic carbocycles. The quantitative estimate of drug-likeness (QED) is 0.805. The summed E-state index contributed by atoms with van der Waals surface area (Å²) in [5.41, 5.74) is 2.28. The van der Waals surface area contributed by atoms with Crippen LogP contribution in [0.25, 0.3) is 0 Å². The Balaban J connectivity index is 0.000000614. The standard InChI is InChI=1S/C16H17ClF2N2O2.C2H6.CH4O/c17-13-4-12(16(22)20-21-6-10(18)7-21)14(19)5-15(13)23-11-2-8-1-9(8)3-11;2*1-2/h4-5,8-11H,1-3,6-7H2,(H,20,22);1-2H3;2H,1H3. The molecule has 2 N–H and O–H groups in total. The number of fused-ring (bicyclic) bond motifs is 1. The summed E-state index contributed by atoms with van der Waals surface area (Å²) in [6.07, 6.45) is 2.39. The van der Waals surface area contributed by atoms with E-state index in [2.05, 4.69) is 5.43 Å². The first-order valence-corrected chi connectivity index (χ1v) is 9.68. The summed E-state index contributed by atoms with van der Waals surface area (Å²) in [5.74, 6) is 0.459. The van der Waals surface area contributed by atoms with Crippen LogP contribution in [-0.4, -0.2) is 48.5 Å². The summed E-state index contributed by atoms with van der Waals surface area (Å²) in [5, 5.41) is 8.61. The highest BCUT2D eigenvalue weighted by molar-refractivity contribution is 6.32. The van der Waals surface area contributed by atoms with Crippen molar-refractivity contribution in [3.8, 4) is 5.75 Å². The maximum absolute atomic E-state index is 14.2. The van der Waals surface area contributed by atoms with E-state index in [-0.39, 0.29) is 35.5 Å². The average Bonchev–Trinajstić information content (AvgIpc) is 3.26. The van der Waals surface area contributed by atoms with Gasteiger partial charge in [-0.25, -0.2) is 13.8 Å². The largest absolute Gasteiger partial charge is 0.489 e. The number of amides is 1. The molecule has 2 atom stereocenters. The van der Waals surface area contributed by atoms with E-state index in [0.717, 1.165) is 37.9 Å². The van der Waals surface area contributed by atoms with Crippen molar-refractivity contribution in [2.75, 3.05) is 20.2 Å². The summed E-state index contributed by atoms with van der Waals surface area (Å²) in [6, 6.07) is 2.43. The van der Waals surface area contributed by atoms with E-state index in [1.54, 1.807) is 0 Å². The second-order valence-corrected chi connectivity index (χ2v) is 7.08. The third-order valence-corrected chi connectivity index (χ3v) is 5.15. The molecule has 4 rings (SSSR count). The Bertz CT molecular complexity index is 646. The predicted molar refractivity (Wildman–Crippen MR) is 100 cm³/mol. The number of carbonyl (C=O) groups is 1. The molecule has 0 bridgehead atoms. The number of aliphatic hydroxyl groups is 1. The Labute approximate surface area is 163 Å². The Kier molecular flexibility index (Phi) is 7.82. The second kappa shape index (κ2) is 9.66. The van der Waals surface area contributed by atoms with Crippen molar-refractivity contribution in [1.82, 2.24) is 10.4 Å². The lowest BCUT2D eigenvalue weighted by Crippen LogP contribution is -2.57. The molecule has 3 aliphatic rings. The monoisotopic (exact) mass is 404 g/mol. The predicted octanol–water partition coefficient (Wildman–Crippen LogP) is 3.59. The van der Waals surface area contributed by atoms with Gasteiger partial charge in [-0.15, -0.1) is 0 Å². The number of nitrogens with zero attached hydrogens (tertiary/aromatic N) is 1. The Morgan fingerprint density at radius 1 is 1.22 bits per heavy atom. The molecule has 2 saturated carbocycles. The fourth-order valence-corrected chi connectivity index (χ4v) is 3.66. The van der Waals surface area contributed by atoms with Crippen molar-refractivity contribution in [3.63, 3.8) is 0 Å². The topological polar surface area (TPSA) is 61.8 Å². The van der Waals surface area contributed by atoms with Crippen LogP contribution in [0, 0.1) is 17.7 Å². The minimum Gasteiger partial charge on any atom is -0.489 e. The Hall–Kier alpha value is -1.44. The number of carbonyl (C=O) groups excluding carboxylic acids is 1. The van der Waals surface area contributed by atoms with Crippen LogP contribution >= 0.6 is 11.6 Å². The first kappa shape index (κ1) is 21.9. The second-order valence-electron chi connectivity index (χ2n) is 6.67. The van der Waals surface area contributed by atoms with E-state index < -0.39 is 17.9 Å². The fraction of sp³-hybridized carbons (Fsp3) is 0.632. The number of ether oxygens (including phenoxy) is 1. The van der Waals surface area contributed by atoms with Gasteiger partial charge in [-0.05, 0) is 37.2 Å². The van der Waals surface area contributed by atoms with Gasteiger partial charge in [-0.1, -0.05) is 25.4 Å².